The third kappa shape index (κ3) is 3.79. The van der Waals surface area contributed by atoms with E-state index in [0.717, 1.165) is 38.1 Å². The number of rotatable bonds is 5. The van der Waals surface area contributed by atoms with Crippen LogP contribution < -0.4 is 20.5 Å². The van der Waals surface area contributed by atoms with Crippen LogP contribution in [0.25, 0.3) is 0 Å². The number of anilines is 1. The second kappa shape index (κ2) is 8.12. The van der Waals surface area contributed by atoms with Crippen molar-refractivity contribution in [1.29, 1.82) is 0 Å². The van der Waals surface area contributed by atoms with Gasteiger partial charge in [0.15, 0.2) is 0 Å². The summed E-state index contributed by atoms with van der Waals surface area (Å²) in [5.41, 5.74) is 8.21. The number of benzene rings is 1. The molecular formula is C20H25N5O3. The molecule has 148 valence electrons. The molecule has 2 unspecified atom stereocenters. The molecule has 2 aliphatic heterocycles. The molecule has 8 nitrogen and oxygen atoms in total. The molecule has 28 heavy (non-hydrogen) atoms. The van der Waals surface area contributed by atoms with E-state index in [-0.39, 0.29) is 16.7 Å². The number of nitro groups is 1. The first-order valence-electron chi connectivity index (χ1n) is 9.65. The molecule has 0 spiro atoms. The Bertz CT molecular complexity index is 821. The largest absolute Gasteiger partial charge is 0.497 e. The first kappa shape index (κ1) is 18.6. The van der Waals surface area contributed by atoms with E-state index < -0.39 is 0 Å². The molecule has 2 N–H and O–H groups in total. The van der Waals surface area contributed by atoms with E-state index in [0.29, 0.717) is 17.8 Å². The van der Waals surface area contributed by atoms with Crippen molar-refractivity contribution in [1.82, 2.24) is 15.8 Å². The zero-order chi connectivity index (χ0) is 19.5. The van der Waals surface area contributed by atoms with E-state index in [1.54, 1.807) is 19.4 Å². The summed E-state index contributed by atoms with van der Waals surface area (Å²) < 4.78 is 5.23. The van der Waals surface area contributed by atoms with E-state index >= 15 is 0 Å². The van der Waals surface area contributed by atoms with Crippen LogP contribution in [-0.4, -0.2) is 36.1 Å². The van der Waals surface area contributed by atoms with Crippen LogP contribution in [0.5, 0.6) is 5.75 Å². The second-order valence-electron chi connectivity index (χ2n) is 7.38. The third-order valence-electron chi connectivity index (χ3n) is 5.82. The molecular weight excluding hydrogens is 358 g/mol. The van der Waals surface area contributed by atoms with Crippen molar-refractivity contribution in [3.8, 4) is 5.75 Å². The van der Waals surface area contributed by atoms with Crippen molar-refractivity contribution in [3.63, 3.8) is 0 Å². The molecule has 1 aromatic carbocycles. The molecule has 2 atom stereocenters. The van der Waals surface area contributed by atoms with E-state index in [1.165, 1.54) is 11.6 Å². The second-order valence-corrected chi connectivity index (χ2v) is 7.38. The van der Waals surface area contributed by atoms with Gasteiger partial charge in [0.25, 0.3) is 0 Å². The molecule has 2 aromatic rings. The zero-order valence-corrected chi connectivity index (χ0v) is 15.9. The van der Waals surface area contributed by atoms with Crippen LogP contribution in [0.2, 0.25) is 0 Å². The number of pyridine rings is 1. The molecule has 0 amide bonds. The van der Waals surface area contributed by atoms with Gasteiger partial charge in [-0.2, -0.15) is 0 Å². The van der Waals surface area contributed by atoms with Crippen LogP contribution in [0, 0.1) is 16.0 Å². The molecule has 0 bridgehead atoms. The van der Waals surface area contributed by atoms with Gasteiger partial charge in [-0.25, -0.2) is 4.98 Å². The fraction of sp³-hybridized carbons (Fsp3) is 0.450. The number of aromatic nitrogens is 1. The maximum absolute atomic E-state index is 11.3. The molecule has 2 aliphatic rings. The molecule has 4 rings (SSSR count). The van der Waals surface area contributed by atoms with Gasteiger partial charge < -0.3 is 9.64 Å². The molecule has 8 heteroatoms. The molecule has 2 fully saturated rings. The fourth-order valence-corrected chi connectivity index (χ4v) is 4.23. The number of hydrogen-bond donors (Lipinski definition) is 2. The number of methoxy groups -OCH3 is 1. The molecule has 2 saturated heterocycles. The number of ether oxygens (including phenoxy) is 1. The van der Waals surface area contributed by atoms with Gasteiger partial charge in [0.05, 0.1) is 12.0 Å². The van der Waals surface area contributed by atoms with Gasteiger partial charge in [-0.15, -0.1) is 0 Å². The highest BCUT2D eigenvalue weighted by Gasteiger charge is 2.34. The smallest absolute Gasteiger partial charge is 0.311 e. The summed E-state index contributed by atoms with van der Waals surface area (Å²) >= 11 is 0. The summed E-state index contributed by atoms with van der Waals surface area (Å²) in [4.78, 5) is 17.2. The molecule has 0 aliphatic carbocycles. The Morgan fingerprint density at radius 2 is 1.93 bits per heavy atom. The van der Waals surface area contributed by atoms with Crippen LogP contribution in [0.1, 0.15) is 30.9 Å². The van der Waals surface area contributed by atoms with Gasteiger partial charge in [0.1, 0.15) is 5.75 Å². The van der Waals surface area contributed by atoms with E-state index in [2.05, 4.69) is 28.0 Å². The Kier molecular flexibility index (Phi) is 5.40. The first-order valence-corrected chi connectivity index (χ1v) is 9.65. The predicted octanol–water partition coefficient (Wildman–Crippen LogP) is 2.82. The normalized spacial score (nSPS) is 23.0. The molecule has 0 saturated carbocycles. The lowest BCUT2D eigenvalue weighted by Crippen LogP contribution is -2.43. The van der Waals surface area contributed by atoms with Crippen LogP contribution in [0.4, 0.5) is 11.5 Å². The Hall–Kier alpha value is -2.71. The van der Waals surface area contributed by atoms with Gasteiger partial charge in [-0.1, -0.05) is 12.1 Å². The lowest BCUT2D eigenvalue weighted by Gasteiger charge is -2.35. The summed E-state index contributed by atoms with van der Waals surface area (Å²) in [5, 5.41) is 11.3. The van der Waals surface area contributed by atoms with Crippen molar-refractivity contribution in [2.24, 2.45) is 5.92 Å². The number of hydrogen-bond acceptors (Lipinski definition) is 7. The Labute approximate surface area is 164 Å². The lowest BCUT2D eigenvalue weighted by molar-refractivity contribution is -0.384. The average molecular weight is 383 g/mol. The quantitative estimate of drug-likeness (QED) is 0.606. The number of piperidine rings is 1. The van der Waals surface area contributed by atoms with Gasteiger partial charge in [-0.05, 0) is 48.9 Å². The van der Waals surface area contributed by atoms with Crippen molar-refractivity contribution in [3.05, 3.63) is 58.3 Å². The monoisotopic (exact) mass is 383 g/mol. The van der Waals surface area contributed by atoms with E-state index in [4.69, 9.17) is 4.74 Å². The lowest BCUT2D eigenvalue weighted by atomic mass is 9.86. The Morgan fingerprint density at radius 1 is 1.18 bits per heavy atom. The number of nitrogens with one attached hydrogen (secondary N) is 2. The highest BCUT2D eigenvalue weighted by atomic mass is 16.6. The summed E-state index contributed by atoms with van der Waals surface area (Å²) in [6, 6.07) is 12.0. The zero-order valence-electron chi connectivity index (χ0n) is 15.9. The summed E-state index contributed by atoms with van der Waals surface area (Å²) in [6.45, 7) is 1.57. The maximum atomic E-state index is 11.3. The van der Waals surface area contributed by atoms with Crippen molar-refractivity contribution < 1.29 is 9.66 Å². The molecule has 0 radical (unpaired) electrons. The van der Waals surface area contributed by atoms with E-state index in [9.17, 15) is 10.1 Å². The average Bonchev–Trinajstić information content (AvgIpc) is 3.24. The van der Waals surface area contributed by atoms with Gasteiger partial charge in [0, 0.05) is 37.4 Å². The molecule has 1 aromatic heterocycles. The van der Waals surface area contributed by atoms with Gasteiger partial charge in [0.2, 0.25) is 5.82 Å². The Balaban J connectivity index is 1.35. The number of hydrazine groups is 1. The predicted molar refractivity (Wildman–Crippen MR) is 106 cm³/mol. The highest BCUT2D eigenvalue weighted by Crippen LogP contribution is 2.34. The van der Waals surface area contributed by atoms with Crippen LogP contribution in [0.15, 0.2) is 42.6 Å². The first-order chi connectivity index (χ1) is 13.7. The molecule has 3 heterocycles. The highest BCUT2D eigenvalue weighted by molar-refractivity contribution is 5.57. The van der Waals surface area contributed by atoms with Gasteiger partial charge >= 0.3 is 5.69 Å². The van der Waals surface area contributed by atoms with Crippen LogP contribution >= 0.6 is 0 Å². The summed E-state index contributed by atoms with van der Waals surface area (Å²) in [7, 11) is 1.67. The maximum Gasteiger partial charge on any atom is 0.311 e. The van der Waals surface area contributed by atoms with Crippen molar-refractivity contribution >= 4 is 11.5 Å². The minimum atomic E-state index is -0.351. The minimum absolute atomic E-state index is 0.0844. The number of nitrogens with zero attached hydrogens (tertiary/aromatic N) is 3. The summed E-state index contributed by atoms with van der Waals surface area (Å²) in [6.07, 6.45) is 4.63. The topological polar surface area (TPSA) is 92.6 Å². The van der Waals surface area contributed by atoms with Crippen LogP contribution in [0.3, 0.4) is 0 Å². The van der Waals surface area contributed by atoms with E-state index in [1.807, 2.05) is 17.0 Å². The fourth-order valence-electron chi connectivity index (χ4n) is 4.23. The SMILES string of the molecule is COc1ccc(C2CC(C3CCN(c4ncccc4[N+](=O)[O-])CC3)NN2)cc1. The summed E-state index contributed by atoms with van der Waals surface area (Å²) in [5.74, 6) is 1.89. The minimum Gasteiger partial charge on any atom is -0.497 e. The van der Waals surface area contributed by atoms with Crippen molar-refractivity contribution in [2.75, 3.05) is 25.1 Å². The van der Waals surface area contributed by atoms with Gasteiger partial charge in [-0.3, -0.25) is 21.0 Å². The standard InChI is InChI=1S/C20H25N5O3/c1-28-16-6-4-14(5-7-16)17-13-18(23-22-17)15-8-11-24(12-9-15)20-19(25(26)27)3-2-10-21-20/h2-7,10,15,17-18,22-23H,8-9,11-13H2,1H3. The van der Waals surface area contributed by atoms with Crippen molar-refractivity contribution in [2.45, 2.75) is 31.3 Å². The third-order valence-corrected chi connectivity index (χ3v) is 5.82. The van der Waals surface area contributed by atoms with Crippen LogP contribution in [-0.2, 0) is 0 Å². The Morgan fingerprint density at radius 3 is 2.61 bits per heavy atom.